The number of hydrogen-bond acceptors (Lipinski definition) is 5. The van der Waals surface area contributed by atoms with Crippen LogP contribution in [0.15, 0.2) is 75.7 Å². The molecule has 0 aromatic heterocycles. The molecule has 3 rings (SSSR count). The van der Waals surface area contributed by atoms with Crippen LogP contribution in [0.4, 0.5) is 0 Å². The van der Waals surface area contributed by atoms with Crippen LogP contribution >= 0.6 is 31.9 Å². The molecule has 0 aliphatic heterocycles. The smallest absolute Gasteiger partial charge is 0.349 e. The Labute approximate surface area is 203 Å². The molecular weight excluding hydrogens is 540 g/mol. The van der Waals surface area contributed by atoms with Crippen LogP contribution in [0.2, 0.25) is 0 Å². The molecule has 3 aromatic carbocycles. The second-order valence-electron chi connectivity index (χ2n) is 7.05. The zero-order valence-electron chi connectivity index (χ0n) is 17.5. The molecule has 0 heterocycles. The number of aryl methyl sites for hydroxylation is 2. The Bertz CT molecular complexity index is 1060. The van der Waals surface area contributed by atoms with Gasteiger partial charge in [-0.25, -0.2) is 9.59 Å². The maximum absolute atomic E-state index is 12.3. The van der Waals surface area contributed by atoms with Gasteiger partial charge in [-0.05, 0) is 77.2 Å². The van der Waals surface area contributed by atoms with E-state index in [4.69, 9.17) is 14.2 Å². The summed E-state index contributed by atoms with van der Waals surface area (Å²) < 4.78 is 17.9. The van der Waals surface area contributed by atoms with E-state index in [0.717, 1.165) is 27.4 Å². The summed E-state index contributed by atoms with van der Waals surface area (Å²) in [6.45, 7) is 1.92. The predicted molar refractivity (Wildman–Crippen MR) is 129 cm³/mol. The first-order chi connectivity index (χ1) is 15.4. The average molecular weight is 562 g/mol. The van der Waals surface area contributed by atoms with Gasteiger partial charge in [0.2, 0.25) is 0 Å². The van der Waals surface area contributed by atoms with Crippen molar-refractivity contribution in [1.29, 1.82) is 0 Å². The second-order valence-corrected chi connectivity index (χ2v) is 8.82. The summed E-state index contributed by atoms with van der Waals surface area (Å²) in [5.74, 6) is -0.212. The van der Waals surface area contributed by atoms with Crippen LogP contribution in [-0.4, -0.2) is 25.2 Å². The highest BCUT2D eigenvalue weighted by atomic mass is 79.9. The molecule has 5 nitrogen and oxygen atoms in total. The van der Waals surface area contributed by atoms with Crippen LogP contribution in [0.1, 0.15) is 27.9 Å². The number of hydrogen-bond donors (Lipinski definition) is 0. The highest BCUT2D eigenvalue weighted by Crippen LogP contribution is 2.32. The standard InChI is InChI=1S/C25H22Br2O5/c1-17-13-20(26)15-22(27)24(17)31-16-23(28)32-21-11-5-10-19(14-21)25(29)30-12-6-9-18-7-3-2-4-8-18/h2-5,7-8,10-11,13-15H,6,9,12,16H2,1H3. The van der Waals surface area contributed by atoms with E-state index in [1.54, 1.807) is 18.2 Å². The van der Waals surface area contributed by atoms with Crippen LogP contribution in [-0.2, 0) is 16.0 Å². The van der Waals surface area contributed by atoms with Crippen LogP contribution in [0, 0.1) is 6.92 Å². The van der Waals surface area contributed by atoms with Gasteiger partial charge in [-0.15, -0.1) is 0 Å². The first-order valence-corrected chi connectivity index (χ1v) is 11.6. The van der Waals surface area contributed by atoms with Crippen LogP contribution in [0.3, 0.4) is 0 Å². The molecule has 0 fully saturated rings. The fourth-order valence-electron chi connectivity index (χ4n) is 3.02. The number of ether oxygens (including phenoxy) is 3. The van der Waals surface area contributed by atoms with Crippen molar-refractivity contribution in [1.82, 2.24) is 0 Å². The van der Waals surface area contributed by atoms with Crippen molar-refractivity contribution in [3.63, 3.8) is 0 Å². The molecule has 0 aliphatic carbocycles. The van der Waals surface area contributed by atoms with Gasteiger partial charge in [0.15, 0.2) is 6.61 Å². The normalized spacial score (nSPS) is 10.5. The topological polar surface area (TPSA) is 61.8 Å². The molecule has 0 amide bonds. The first-order valence-electron chi connectivity index (χ1n) is 10.0. The van der Waals surface area contributed by atoms with Gasteiger partial charge in [0, 0.05) is 4.47 Å². The molecule has 0 aliphatic rings. The van der Waals surface area contributed by atoms with Gasteiger partial charge in [0.05, 0.1) is 16.6 Å². The Morgan fingerprint density at radius 1 is 0.938 bits per heavy atom. The number of halogens is 2. The van der Waals surface area contributed by atoms with Gasteiger partial charge in [0.25, 0.3) is 0 Å². The number of esters is 2. The Morgan fingerprint density at radius 2 is 1.72 bits per heavy atom. The monoisotopic (exact) mass is 560 g/mol. The first kappa shape index (κ1) is 24.0. The molecule has 0 atom stereocenters. The molecule has 7 heteroatoms. The molecule has 0 saturated heterocycles. The zero-order valence-corrected chi connectivity index (χ0v) is 20.6. The largest absolute Gasteiger partial charge is 0.480 e. The average Bonchev–Trinajstić information content (AvgIpc) is 2.76. The van der Waals surface area contributed by atoms with Crippen molar-refractivity contribution >= 4 is 43.8 Å². The summed E-state index contributed by atoms with van der Waals surface area (Å²) in [5.41, 5.74) is 2.39. The van der Waals surface area contributed by atoms with Crippen LogP contribution in [0.25, 0.3) is 0 Å². The maximum atomic E-state index is 12.3. The predicted octanol–water partition coefficient (Wildman–Crippen LogP) is 6.29. The molecule has 32 heavy (non-hydrogen) atoms. The lowest BCUT2D eigenvalue weighted by Gasteiger charge is -2.12. The summed E-state index contributed by atoms with van der Waals surface area (Å²) in [7, 11) is 0. The molecule has 0 spiro atoms. The van der Waals surface area contributed by atoms with Crippen molar-refractivity contribution < 1.29 is 23.8 Å². The summed E-state index contributed by atoms with van der Waals surface area (Å²) in [4.78, 5) is 24.5. The minimum absolute atomic E-state index is 0.254. The lowest BCUT2D eigenvalue weighted by molar-refractivity contribution is -0.136. The van der Waals surface area contributed by atoms with Crippen LogP contribution in [0.5, 0.6) is 11.5 Å². The Balaban J connectivity index is 1.48. The third-order valence-electron chi connectivity index (χ3n) is 4.52. The molecule has 0 N–H and O–H groups in total. The summed E-state index contributed by atoms with van der Waals surface area (Å²) >= 11 is 6.83. The van der Waals surface area contributed by atoms with Gasteiger partial charge in [0.1, 0.15) is 11.5 Å². The van der Waals surface area contributed by atoms with Gasteiger partial charge in [-0.1, -0.05) is 52.3 Å². The lowest BCUT2D eigenvalue weighted by atomic mass is 10.1. The van der Waals surface area contributed by atoms with Crippen molar-refractivity contribution in [2.24, 2.45) is 0 Å². The highest BCUT2D eigenvalue weighted by molar-refractivity contribution is 9.11. The zero-order chi connectivity index (χ0) is 22.9. The van der Waals surface area contributed by atoms with Crippen molar-refractivity contribution in [3.8, 4) is 11.5 Å². The molecular formula is C25H22Br2O5. The fourth-order valence-corrected chi connectivity index (χ4v) is 4.57. The van der Waals surface area contributed by atoms with E-state index in [1.807, 2.05) is 49.4 Å². The van der Waals surface area contributed by atoms with Crippen molar-refractivity contribution in [2.45, 2.75) is 19.8 Å². The number of carbonyl (C=O) groups excluding carboxylic acids is 2. The van der Waals surface area contributed by atoms with Gasteiger partial charge >= 0.3 is 11.9 Å². The van der Waals surface area contributed by atoms with Gasteiger partial charge in [-0.2, -0.15) is 0 Å². The van der Waals surface area contributed by atoms with E-state index in [1.165, 1.54) is 11.6 Å². The molecule has 0 unspecified atom stereocenters. The number of carbonyl (C=O) groups is 2. The summed E-state index contributed by atoms with van der Waals surface area (Å²) in [6, 6.07) is 20.1. The quantitative estimate of drug-likeness (QED) is 0.174. The second kappa shape index (κ2) is 11.8. The third kappa shape index (κ3) is 7.21. The van der Waals surface area contributed by atoms with E-state index >= 15 is 0 Å². The van der Waals surface area contributed by atoms with Gasteiger partial charge < -0.3 is 14.2 Å². The van der Waals surface area contributed by atoms with E-state index in [0.29, 0.717) is 17.9 Å². The molecule has 0 saturated carbocycles. The van der Waals surface area contributed by atoms with Crippen LogP contribution < -0.4 is 9.47 Å². The Kier molecular flexibility index (Phi) is 8.88. The van der Waals surface area contributed by atoms with Crippen molar-refractivity contribution in [3.05, 3.63) is 92.4 Å². The number of rotatable bonds is 9. The maximum Gasteiger partial charge on any atom is 0.349 e. The molecule has 3 aromatic rings. The van der Waals surface area contributed by atoms with E-state index in [9.17, 15) is 9.59 Å². The molecule has 0 bridgehead atoms. The number of benzene rings is 3. The minimum atomic E-state index is -0.576. The SMILES string of the molecule is Cc1cc(Br)cc(Br)c1OCC(=O)Oc1cccc(C(=O)OCCCc2ccccc2)c1. The summed E-state index contributed by atoms with van der Waals surface area (Å²) in [5, 5.41) is 0. The molecule has 166 valence electrons. The third-order valence-corrected chi connectivity index (χ3v) is 5.56. The Morgan fingerprint density at radius 3 is 2.47 bits per heavy atom. The summed E-state index contributed by atoms with van der Waals surface area (Å²) in [6.07, 6.45) is 1.56. The fraction of sp³-hybridized carbons (Fsp3) is 0.200. The highest BCUT2D eigenvalue weighted by Gasteiger charge is 2.13. The van der Waals surface area contributed by atoms with E-state index < -0.39 is 11.9 Å². The molecule has 0 radical (unpaired) electrons. The van der Waals surface area contributed by atoms with E-state index in [2.05, 4.69) is 31.9 Å². The lowest BCUT2D eigenvalue weighted by Crippen LogP contribution is -2.18. The Hall–Kier alpha value is -2.64. The van der Waals surface area contributed by atoms with Gasteiger partial charge in [-0.3, -0.25) is 0 Å². The van der Waals surface area contributed by atoms with E-state index in [-0.39, 0.29) is 12.4 Å². The van der Waals surface area contributed by atoms with Crippen molar-refractivity contribution in [2.75, 3.05) is 13.2 Å². The minimum Gasteiger partial charge on any atom is -0.480 e.